The molecule has 0 aromatic carbocycles. The maximum atomic E-state index is 12.8. The van der Waals surface area contributed by atoms with Gasteiger partial charge in [-0.25, -0.2) is 4.79 Å². The molecule has 4 unspecified atom stereocenters. The van der Waals surface area contributed by atoms with Crippen LogP contribution in [-0.2, 0) is 24.0 Å². The molecule has 0 spiro atoms. The van der Waals surface area contributed by atoms with E-state index in [-0.39, 0.29) is 18.1 Å². The number of carboxylic acid groups (broad SMARTS) is 2. The van der Waals surface area contributed by atoms with Gasteiger partial charge in [0, 0.05) is 18.7 Å². The number of rotatable bonds is 11. The molecule has 3 amide bonds. The molecular formula is C18H30N4O7S. The number of hydrogen-bond acceptors (Lipinski definition) is 7. The van der Waals surface area contributed by atoms with Crippen LogP contribution < -0.4 is 16.4 Å². The van der Waals surface area contributed by atoms with Crippen molar-refractivity contribution < 1.29 is 34.2 Å². The van der Waals surface area contributed by atoms with E-state index in [0.29, 0.717) is 19.4 Å². The largest absolute Gasteiger partial charge is 0.481 e. The van der Waals surface area contributed by atoms with Gasteiger partial charge < -0.3 is 31.5 Å². The Morgan fingerprint density at radius 1 is 1.17 bits per heavy atom. The summed E-state index contributed by atoms with van der Waals surface area (Å²) >= 11 is 4.01. The van der Waals surface area contributed by atoms with Crippen molar-refractivity contribution >= 4 is 42.3 Å². The highest BCUT2D eigenvalue weighted by Gasteiger charge is 2.38. The second kappa shape index (κ2) is 11.7. The first kappa shape index (κ1) is 25.7. The molecule has 1 aliphatic heterocycles. The topological polar surface area (TPSA) is 179 Å². The molecule has 0 radical (unpaired) electrons. The number of carboxylic acids is 2. The zero-order valence-corrected chi connectivity index (χ0v) is 17.9. The van der Waals surface area contributed by atoms with Gasteiger partial charge in [-0.1, -0.05) is 13.8 Å². The van der Waals surface area contributed by atoms with Crippen molar-refractivity contribution in [2.45, 2.75) is 63.7 Å². The number of hydrogen-bond donors (Lipinski definition) is 6. The first-order chi connectivity index (χ1) is 14.0. The van der Waals surface area contributed by atoms with Gasteiger partial charge >= 0.3 is 11.9 Å². The molecule has 0 aromatic heterocycles. The molecule has 1 aliphatic rings. The summed E-state index contributed by atoms with van der Waals surface area (Å²) in [6.07, 6.45) is 0.305. The van der Waals surface area contributed by atoms with Crippen molar-refractivity contribution in [1.29, 1.82) is 0 Å². The van der Waals surface area contributed by atoms with Crippen molar-refractivity contribution in [2.24, 2.45) is 11.7 Å². The summed E-state index contributed by atoms with van der Waals surface area (Å²) < 4.78 is 0. The minimum Gasteiger partial charge on any atom is -0.481 e. The molecule has 1 heterocycles. The van der Waals surface area contributed by atoms with Crippen LogP contribution in [-0.4, -0.2) is 81.2 Å². The van der Waals surface area contributed by atoms with Gasteiger partial charge in [-0.15, -0.1) is 0 Å². The van der Waals surface area contributed by atoms with E-state index in [1.165, 1.54) is 4.90 Å². The number of nitrogens with zero attached hydrogens (tertiary/aromatic N) is 1. The molecule has 12 heteroatoms. The maximum absolute atomic E-state index is 12.8. The highest BCUT2D eigenvalue weighted by molar-refractivity contribution is 7.80. The second-order valence-electron chi connectivity index (χ2n) is 7.54. The third kappa shape index (κ3) is 7.17. The number of likely N-dealkylation sites (tertiary alicyclic amines) is 1. The standard InChI is InChI=1S/C18H30N4O7S/c1-9(2)14(16(26)20-11(18(28)29)5-6-13(23)24)21-15(25)12-4-3-7-22(12)17(27)10(19)8-30/h9-12,14,30H,3-8,19H2,1-2H3,(H,20,26)(H,21,25)(H,23,24)(H,28,29). The van der Waals surface area contributed by atoms with Crippen molar-refractivity contribution in [1.82, 2.24) is 15.5 Å². The average molecular weight is 447 g/mol. The van der Waals surface area contributed by atoms with E-state index in [2.05, 4.69) is 23.3 Å². The third-order valence-corrected chi connectivity index (χ3v) is 5.25. The van der Waals surface area contributed by atoms with Gasteiger partial charge in [0.15, 0.2) is 0 Å². The fraction of sp³-hybridized carbons (Fsp3) is 0.722. The summed E-state index contributed by atoms with van der Waals surface area (Å²) in [6, 6.07) is -4.07. The molecule has 6 N–H and O–H groups in total. The van der Waals surface area contributed by atoms with Crippen LogP contribution in [0.5, 0.6) is 0 Å². The number of aliphatic carboxylic acids is 2. The summed E-state index contributed by atoms with van der Waals surface area (Å²) in [5.74, 6) is -4.46. The molecule has 170 valence electrons. The van der Waals surface area contributed by atoms with E-state index in [1.54, 1.807) is 13.8 Å². The average Bonchev–Trinajstić information content (AvgIpc) is 3.16. The van der Waals surface area contributed by atoms with Crippen LogP contribution in [0.15, 0.2) is 0 Å². The Balaban J connectivity index is 2.85. The first-order valence-corrected chi connectivity index (χ1v) is 10.3. The molecule has 1 fully saturated rings. The molecule has 0 bridgehead atoms. The molecule has 0 aromatic rings. The number of thiol groups is 1. The Bertz CT molecular complexity index is 673. The predicted molar refractivity (Wildman–Crippen MR) is 110 cm³/mol. The Morgan fingerprint density at radius 2 is 1.80 bits per heavy atom. The highest BCUT2D eigenvalue weighted by Crippen LogP contribution is 2.19. The number of carbonyl (C=O) groups excluding carboxylic acids is 3. The van der Waals surface area contributed by atoms with E-state index in [1.807, 2.05) is 0 Å². The molecule has 4 atom stereocenters. The van der Waals surface area contributed by atoms with Gasteiger partial charge in [-0.05, 0) is 25.2 Å². The molecular weight excluding hydrogens is 416 g/mol. The summed E-state index contributed by atoms with van der Waals surface area (Å²) in [4.78, 5) is 61.2. The van der Waals surface area contributed by atoms with Gasteiger partial charge in [-0.2, -0.15) is 12.6 Å². The Morgan fingerprint density at radius 3 is 2.30 bits per heavy atom. The minimum absolute atomic E-state index is 0.133. The molecule has 0 saturated carbocycles. The van der Waals surface area contributed by atoms with Crippen molar-refractivity contribution in [3.63, 3.8) is 0 Å². The van der Waals surface area contributed by atoms with Crippen molar-refractivity contribution in [3.05, 3.63) is 0 Å². The summed E-state index contributed by atoms with van der Waals surface area (Å²) in [5, 5.41) is 22.8. The van der Waals surface area contributed by atoms with Crippen molar-refractivity contribution in [2.75, 3.05) is 12.3 Å². The number of carbonyl (C=O) groups is 5. The van der Waals surface area contributed by atoms with Crippen LogP contribution in [0.2, 0.25) is 0 Å². The van der Waals surface area contributed by atoms with Gasteiger partial charge in [0.2, 0.25) is 17.7 Å². The summed E-state index contributed by atoms with van der Waals surface area (Å²) in [5.41, 5.74) is 5.73. The normalized spacial score (nSPS) is 19.1. The van der Waals surface area contributed by atoms with Crippen LogP contribution in [0.1, 0.15) is 39.5 Å². The Kier molecular flexibility index (Phi) is 10.1. The monoisotopic (exact) mass is 446 g/mol. The zero-order valence-electron chi connectivity index (χ0n) is 17.0. The van der Waals surface area contributed by atoms with Crippen LogP contribution in [0.3, 0.4) is 0 Å². The van der Waals surface area contributed by atoms with Gasteiger partial charge in [0.05, 0.1) is 6.04 Å². The fourth-order valence-corrected chi connectivity index (χ4v) is 3.32. The molecule has 0 aliphatic carbocycles. The third-order valence-electron chi connectivity index (χ3n) is 4.86. The summed E-state index contributed by atoms with van der Waals surface area (Å²) in [7, 11) is 0. The van der Waals surface area contributed by atoms with Crippen LogP contribution in [0.4, 0.5) is 0 Å². The Hall–Kier alpha value is -2.34. The van der Waals surface area contributed by atoms with E-state index in [4.69, 9.17) is 10.8 Å². The van der Waals surface area contributed by atoms with E-state index < -0.39 is 60.2 Å². The van der Waals surface area contributed by atoms with Gasteiger partial charge in [-0.3, -0.25) is 19.2 Å². The summed E-state index contributed by atoms with van der Waals surface area (Å²) in [6.45, 7) is 3.71. The Labute approximate surface area is 180 Å². The molecule has 11 nitrogen and oxygen atoms in total. The van der Waals surface area contributed by atoms with Gasteiger partial charge in [0.25, 0.3) is 0 Å². The molecule has 1 saturated heterocycles. The SMILES string of the molecule is CC(C)C(NC(=O)C1CCCN1C(=O)C(N)CS)C(=O)NC(CCC(=O)O)C(=O)O. The van der Waals surface area contributed by atoms with Crippen LogP contribution in [0, 0.1) is 5.92 Å². The lowest BCUT2D eigenvalue weighted by Crippen LogP contribution is -2.58. The van der Waals surface area contributed by atoms with E-state index in [9.17, 15) is 29.1 Å². The highest BCUT2D eigenvalue weighted by atomic mass is 32.1. The smallest absolute Gasteiger partial charge is 0.326 e. The lowest BCUT2D eigenvalue weighted by molar-refractivity contribution is -0.144. The lowest BCUT2D eigenvalue weighted by Gasteiger charge is -2.29. The fourth-order valence-electron chi connectivity index (χ4n) is 3.17. The second-order valence-corrected chi connectivity index (χ2v) is 7.91. The quantitative estimate of drug-likeness (QED) is 0.214. The number of nitrogens with one attached hydrogen (secondary N) is 2. The number of amides is 3. The molecule has 1 rings (SSSR count). The predicted octanol–water partition coefficient (Wildman–Crippen LogP) is -1.19. The van der Waals surface area contributed by atoms with Crippen molar-refractivity contribution in [3.8, 4) is 0 Å². The lowest BCUT2D eigenvalue weighted by atomic mass is 10.0. The minimum atomic E-state index is -1.40. The van der Waals surface area contributed by atoms with E-state index >= 15 is 0 Å². The van der Waals surface area contributed by atoms with Crippen LogP contribution >= 0.6 is 12.6 Å². The number of nitrogens with two attached hydrogens (primary N) is 1. The first-order valence-electron chi connectivity index (χ1n) is 9.71. The van der Waals surface area contributed by atoms with E-state index in [0.717, 1.165) is 0 Å². The maximum Gasteiger partial charge on any atom is 0.326 e. The molecule has 30 heavy (non-hydrogen) atoms. The zero-order chi connectivity index (χ0) is 23.0. The van der Waals surface area contributed by atoms with Gasteiger partial charge in [0.1, 0.15) is 18.1 Å². The van der Waals surface area contributed by atoms with Crippen LogP contribution in [0.25, 0.3) is 0 Å².